The van der Waals surface area contributed by atoms with Gasteiger partial charge in [-0.15, -0.1) is 0 Å². The summed E-state index contributed by atoms with van der Waals surface area (Å²) in [6, 6.07) is 0. The lowest BCUT2D eigenvalue weighted by Gasteiger charge is -2.02. The normalized spacial score (nSPS) is 12.8. The Morgan fingerprint density at radius 2 is 1.77 bits per heavy atom. The Hall–Kier alpha value is -0.600. The molecule has 1 atom stereocenters. The molecule has 0 heterocycles. The average molecular weight is 190 g/mol. The second-order valence-electron chi connectivity index (χ2n) is 3.36. The highest BCUT2D eigenvalue weighted by Crippen LogP contribution is 2.10. The first-order valence-corrected chi connectivity index (χ1v) is 5.05. The maximum atomic E-state index is 12.5. The van der Waals surface area contributed by atoms with E-state index in [2.05, 4.69) is 6.92 Å². The number of halogens is 1. The molecule has 0 unspecified atom stereocenters. The molecule has 0 amide bonds. The van der Waals surface area contributed by atoms with Gasteiger partial charge in [0.2, 0.25) is 0 Å². The van der Waals surface area contributed by atoms with E-state index in [1.165, 1.54) is 19.3 Å². The summed E-state index contributed by atoms with van der Waals surface area (Å²) in [5, 5.41) is 8.25. The van der Waals surface area contributed by atoms with E-state index in [1.54, 1.807) is 0 Å². The van der Waals surface area contributed by atoms with Crippen molar-refractivity contribution >= 4 is 5.97 Å². The second-order valence-corrected chi connectivity index (χ2v) is 3.36. The molecule has 0 aliphatic carbocycles. The van der Waals surface area contributed by atoms with E-state index in [1.807, 2.05) is 0 Å². The summed E-state index contributed by atoms with van der Waals surface area (Å²) in [6.07, 6.45) is 4.84. The minimum atomic E-state index is -1.66. The van der Waals surface area contributed by atoms with Gasteiger partial charge in [0.1, 0.15) is 0 Å². The van der Waals surface area contributed by atoms with Crippen molar-refractivity contribution in [1.29, 1.82) is 0 Å². The topological polar surface area (TPSA) is 37.3 Å². The Morgan fingerprint density at radius 3 is 2.31 bits per heavy atom. The molecule has 13 heavy (non-hydrogen) atoms. The standard InChI is InChI=1S/C10H19FO2/c1-2-3-4-5-6-7-8-9(11)10(12)13/h9H,2-8H2,1H3,(H,12,13)/t9-/m0/s1. The molecule has 0 aromatic rings. The molecular weight excluding hydrogens is 171 g/mol. The summed E-state index contributed by atoms with van der Waals surface area (Å²) in [4.78, 5) is 10.1. The lowest BCUT2D eigenvalue weighted by molar-refractivity contribution is -0.143. The van der Waals surface area contributed by atoms with Gasteiger partial charge < -0.3 is 5.11 Å². The highest BCUT2D eigenvalue weighted by molar-refractivity contribution is 5.71. The van der Waals surface area contributed by atoms with Crippen LogP contribution in [0, 0.1) is 0 Å². The van der Waals surface area contributed by atoms with Gasteiger partial charge in [-0.3, -0.25) is 0 Å². The Bertz CT molecular complexity index is 137. The van der Waals surface area contributed by atoms with Crippen LogP contribution in [-0.2, 0) is 4.79 Å². The third-order valence-electron chi connectivity index (χ3n) is 2.08. The molecule has 0 aromatic carbocycles. The van der Waals surface area contributed by atoms with E-state index >= 15 is 0 Å². The van der Waals surface area contributed by atoms with E-state index < -0.39 is 12.1 Å². The number of aliphatic carboxylic acids is 1. The Kier molecular flexibility index (Phi) is 7.65. The van der Waals surface area contributed by atoms with Crippen LogP contribution in [-0.4, -0.2) is 17.2 Å². The lowest BCUT2D eigenvalue weighted by atomic mass is 10.1. The first-order chi connectivity index (χ1) is 6.18. The lowest BCUT2D eigenvalue weighted by Crippen LogP contribution is -2.13. The number of hydrogen-bond acceptors (Lipinski definition) is 1. The van der Waals surface area contributed by atoms with Crippen LogP contribution in [0.4, 0.5) is 4.39 Å². The summed E-state index contributed by atoms with van der Waals surface area (Å²) >= 11 is 0. The van der Waals surface area contributed by atoms with Crippen LogP contribution in [0.2, 0.25) is 0 Å². The monoisotopic (exact) mass is 190 g/mol. The molecule has 0 aromatic heterocycles. The number of alkyl halides is 1. The fraction of sp³-hybridized carbons (Fsp3) is 0.900. The summed E-state index contributed by atoms with van der Waals surface area (Å²) in [5.41, 5.74) is 0. The SMILES string of the molecule is CCCCCCCC[C@H](F)C(=O)O. The third-order valence-corrected chi connectivity index (χ3v) is 2.08. The van der Waals surface area contributed by atoms with Crippen molar-refractivity contribution in [3.05, 3.63) is 0 Å². The molecule has 0 spiro atoms. The number of unbranched alkanes of at least 4 members (excludes halogenated alkanes) is 5. The van der Waals surface area contributed by atoms with Crippen LogP contribution in [0.25, 0.3) is 0 Å². The van der Waals surface area contributed by atoms with Crippen molar-refractivity contribution < 1.29 is 14.3 Å². The smallest absolute Gasteiger partial charge is 0.338 e. The molecule has 0 saturated carbocycles. The van der Waals surface area contributed by atoms with E-state index in [0.29, 0.717) is 6.42 Å². The zero-order valence-corrected chi connectivity index (χ0v) is 8.26. The second kappa shape index (κ2) is 8.02. The molecule has 0 aliphatic heterocycles. The maximum Gasteiger partial charge on any atom is 0.338 e. The first kappa shape index (κ1) is 12.4. The fourth-order valence-electron chi connectivity index (χ4n) is 1.23. The molecule has 0 saturated heterocycles. The van der Waals surface area contributed by atoms with Crippen molar-refractivity contribution in [2.75, 3.05) is 0 Å². The van der Waals surface area contributed by atoms with Gasteiger partial charge in [0.15, 0.2) is 6.17 Å². The van der Waals surface area contributed by atoms with Gasteiger partial charge in [-0.1, -0.05) is 39.0 Å². The minimum Gasteiger partial charge on any atom is -0.479 e. The number of carboxylic acid groups (broad SMARTS) is 1. The van der Waals surface area contributed by atoms with Crippen LogP contribution < -0.4 is 0 Å². The highest BCUT2D eigenvalue weighted by atomic mass is 19.1. The van der Waals surface area contributed by atoms with Crippen molar-refractivity contribution in [2.45, 2.75) is 58.0 Å². The molecule has 0 fully saturated rings. The van der Waals surface area contributed by atoms with Crippen molar-refractivity contribution in [2.24, 2.45) is 0 Å². The summed E-state index contributed by atoms with van der Waals surface area (Å²) in [7, 11) is 0. The number of carboxylic acids is 1. The van der Waals surface area contributed by atoms with Gasteiger partial charge in [0.25, 0.3) is 0 Å². The Morgan fingerprint density at radius 1 is 1.23 bits per heavy atom. The van der Waals surface area contributed by atoms with Crippen molar-refractivity contribution in [3.8, 4) is 0 Å². The van der Waals surface area contributed by atoms with Crippen LogP contribution in [0.3, 0.4) is 0 Å². The maximum absolute atomic E-state index is 12.5. The molecule has 0 radical (unpaired) electrons. The Labute approximate surface area is 79.1 Å². The van der Waals surface area contributed by atoms with E-state index in [0.717, 1.165) is 12.8 Å². The molecule has 78 valence electrons. The molecule has 1 N–H and O–H groups in total. The van der Waals surface area contributed by atoms with Gasteiger partial charge in [-0.05, 0) is 12.8 Å². The zero-order valence-electron chi connectivity index (χ0n) is 8.26. The molecule has 0 bridgehead atoms. The number of carbonyl (C=O) groups is 1. The first-order valence-electron chi connectivity index (χ1n) is 5.05. The van der Waals surface area contributed by atoms with Crippen molar-refractivity contribution in [3.63, 3.8) is 0 Å². The van der Waals surface area contributed by atoms with Gasteiger partial charge in [0.05, 0.1) is 0 Å². The number of rotatable bonds is 8. The van der Waals surface area contributed by atoms with E-state index in [9.17, 15) is 9.18 Å². The predicted molar refractivity (Wildman–Crippen MR) is 50.5 cm³/mol. The largest absolute Gasteiger partial charge is 0.479 e. The van der Waals surface area contributed by atoms with Crippen LogP contribution in [0.15, 0.2) is 0 Å². The third kappa shape index (κ3) is 7.75. The van der Waals surface area contributed by atoms with Crippen LogP contribution in [0.1, 0.15) is 51.9 Å². The summed E-state index contributed by atoms with van der Waals surface area (Å²) < 4.78 is 12.5. The van der Waals surface area contributed by atoms with Crippen LogP contribution in [0.5, 0.6) is 0 Å². The van der Waals surface area contributed by atoms with Gasteiger partial charge in [-0.25, -0.2) is 9.18 Å². The zero-order chi connectivity index (χ0) is 10.1. The molecule has 0 rings (SSSR count). The van der Waals surface area contributed by atoms with Gasteiger partial charge in [0, 0.05) is 0 Å². The number of hydrogen-bond donors (Lipinski definition) is 1. The van der Waals surface area contributed by atoms with Crippen LogP contribution >= 0.6 is 0 Å². The quantitative estimate of drug-likeness (QED) is 0.597. The van der Waals surface area contributed by atoms with Crippen molar-refractivity contribution in [1.82, 2.24) is 0 Å². The van der Waals surface area contributed by atoms with E-state index in [4.69, 9.17) is 5.11 Å². The fourth-order valence-corrected chi connectivity index (χ4v) is 1.23. The Balaban J connectivity index is 3.11. The van der Waals surface area contributed by atoms with E-state index in [-0.39, 0.29) is 6.42 Å². The van der Waals surface area contributed by atoms with Gasteiger partial charge >= 0.3 is 5.97 Å². The predicted octanol–water partition coefficient (Wildman–Crippen LogP) is 3.16. The molecule has 3 heteroatoms. The molecule has 0 aliphatic rings. The van der Waals surface area contributed by atoms with Gasteiger partial charge in [-0.2, -0.15) is 0 Å². The molecular formula is C10H19FO2. The summed E-state index contributed by atoms with van der Waals surface area (Å²) in [5.74, 6) is -1.33. The highest BCUT2D eigenvalue weighted by Gasteiger charge is 2.13. The average Bonchev–Trinajstić information content (AvgIpc) is 2.10. The molecule has 2 nitrogen and oxygen atoms in total. The minimum absolute atomic E-state index is 0.168. The summed E-state index contributed by atoms with van der Waals surface area (Å²) in [6.45, 7) is 2.14.